The van der Waals surface area contributed by atoms with Crippen LogP contribution in [0.3, 0.4) is 0 Å². The van der Waals surface area contributed by atoms with Gasteiger partial charge in [0.25, 0.3) is 17.7 Å². The number of aromatic nitrogens is 1. The van der Waals surface area contributed by atoms with E-state index in [9.17, 15) is 23.6 Å². The van der Waals surface area contributed by atoms with Crippen LogP contribution in [-0.4, -0.2) is 31.8 Å². The first-order valence-corrected chi connectivity index (χ1v) is 14.0. The third-order valence-corrected chi connectivity index (χ3v) is 9.76. The molecule has 0 spiro atoms. The molecular weight excluding hydrogens is 638 g/mol. The van der Waals surface area contributed by atoms with Crippen molar-refractivity contribution in [1.29, 1.82) is 5.26 Å². The lowest BCUT2D eigenvalue weighted by atomic mass is 9.96. The highest BCUT2D eigenvalue weighted by Gasteiger charge is 2.43. The van der Waals surface area contributed by atoms with Crippen LogP contribution in [0.25, 0.3) is 0 Å². The Labute approximate surface area is 232 Å². The molecule has 1 aliphatic carbocycles. The van der Waals surface area contributed by atoms with Crippen LogP contribution in [0.15, 0.2) is 42.2 Å². The average Bonchev–Trinajstić information content (AvgIpc) is 3.59. The van der Waals surface area contributed by atoms with Crippen LogP contribution >= 0.6 is 44.2 Å². The minimum atomic E-state index is -3.14. The molecule has 1 atom stereocenters. The standard InChI is InChI=1S/C25H22Cl2F2IN5O2/c1-13-9-15(26)10-16(22(36)34-24(2,12-31)14-6-7-14)20(13)33-23(37)18-11-19(25(3,28)29)30-35(18)21-17(27)5-4-8-32-21/h4-5,8-11,14H,6-7H2,1-3H3,(H,33,37)(H,34,36). The van der Waals surface area contributed by atoms with Gasteiger partial charge in [0.1, 0.15) is 11.2 Å². The van der Waals surface area contributed by atoms with E-state index in [1.54, 1.807) is 32.0 Å². The highest BCUT2D eigenvalue weighted by atomic mass is 127. The predicted octanol–water partition coefficient (Wildman–Crippen LogP) is 6.17. The fraction of sp³-hybridized carbons (Fsp3) is 0.320. The largest absolute Gasteiger partial charge is 0.334 e. The molecule has 0 saturated heterocycles. The number of alkyl halides is 2. The van der Waals surface area contributed by atoms with Gasteiger partial charge in [-0.2, -0.15) is 5.26 Å². The van der Waals surface area contributed by atoms with Crippen LogP contribution in [0.5, 0.6) is 0 Å². The van der Waals surface area contributed by atoms with Gasteiger partial charge in [0.15, 0.2) is 5.82 Å². The second-order valence-electron chi connectivity index (χ2n) is 9.08. The van der Waals surface area contributed by atoms with Gasteiger partial charge in [0, 0.05) is 39.1 Å². The molecule has 1 unspecified atom stereocenters. The molecule has 37 heavy (non-hydrogen) atoms. The Morgan fingerprint density at radius 2 is 1.95 bits per heavy atom. The number of aryl methyl sites for hydroxylation is 1. The van der Waals surface area contributed by atoms with E-state index in [1.807, 2.05) is 0 Å². The van der Waals surface area contributed by atoms with Gasteiger partial charge in [-0.05, 0) is 68.5 Å². The molecule has 2 amide bonds. The zero-order chi connectivity index (χ0) is 27.1. The number of amides is 2. The van der Waals surface area contributed by atoms with E-state index in [1.165, 1.54) is 15.4 Å². The fourth-order valence-corrected chi connectivity index (χ4v) is 7.05. The van der Waals surface area contributed by atoms with Gasteiger partial charge in [0.05, 0.1) is 25.9 Å². The summed E-state index contributed by atoms with van der Waals surface area (Å²) >= 11 is 11.0. The summed E-state index contributed by atoms with van der Waals surface area (Å²) in [5, 5.41) is 15.6. The van der Waals surface area contributed by atoms with Gasteiger partial charge >= 0.3 is 0 Å². The highest BCUT2D eigenvalue weighted by molar-refractivity contribution is 14.2. The number of nitrogens with zero attached hydrogens (tertiary/aromatic N) is 3. The molecule has 2 heterocycles. The minimum Gasteiger partial charge on any atom is -0.334 e. The molecule has 0 bridgehead atoms. The number of hydrogen-bond acceptors (Lipinski definition) is 5. The van der Waals surface area contributed by atoms with Crippen LogP contribution in [0.2, 0.25) is 10.0 Å². The smallest absolute Gasteiger partial charge is 0.277 e. The van der Waals surface area contributed by atoms with E-state index in [0.717, 1.165) is 25.8 Å². The third kappa shape index (κ3) is 5.78. The summed E-state index contributed by atoms with van der Waals surface area (Å²) in [6.45, 7) is 4.08. The highest BCUT2D eigenvalue weighted by Crippen LogP contribution is 2.41. The molecule has 1 aromatic carbocycles. The second-order valence-corrected chi connectivity index (χ2v) is 12.5. The predicted molar refractivity (Wildman–Crippen MR) is 148 cm³/mol. The number of hydrogen-bond donors (Lipinski definition) is 2. The number of carbonyl (C=O) groups is 2. The van der Waals surface area contributed by atoms with Gasteiger partial charge in [-0.25, -0.2) is 13.8 Å². The fourth-order valence-electron chi connectivity index (χ4n) is 3.82. The first-order chi connectivity index (χ1) is 17.3. The van der Waals surface area contributed by atoms with Crippen molar-refractivity contribution in [3.8, 4) is 6.07 Å². The number of halogens is 5. The lowest BCUT2D eigenvalue weighted by Crippen LogP contribution is -2.47. The number of rotatable bonds is 7. The van der Waals surface area contributed by atoms with E-state index in [4.69, 9.17) is 23.2 Å². The maximum Gasteiger partial charge on any atom is 0.277 e. The molecule has 194 valence electrons. The Kier molecular flexibility index (Phi) is 7.61. The molecule has 4 rings (SSSR count). The maximum absolute atomic E-state index is 14.3. The Bertz CT molecular complexity index is 1400. The van der Waals surface area contributed by atoms with Crippen molar-refractivity contribution in [1.82, 2.24) is 10.3 Å². The Balaban J connectivity index is 1.70. The number of nitrogens with one attached hydrogen (secondary N) is 2. The number of carbonyl (C=O) groups excluding carboxylic acids is 2. The van der Waals surface area contributed by atoms with Gasteiger partial charge in [-0.1, -0.05) is 23.2 Å². The van der Waals surface area contributed by atoms with E-state index in [0.29, 0.717) is 5.56 Å². The summed E-state index contributed by atoms with van der Waals surface area (Å²) in [5.41, 5.74) is -0.440. The van der Waals surface area contributed by atoms with E-state index in [-0.39, 0.29) is 42.2 Å². The van der Waals surface area contributed by atoms with E-state index >= 15 is 0 Å². The van der Waals surface area contributed by atoms with Crippen molar-refractivity contribution in [2.24, 2.45) is 5.92 Å². The lowest BCUT2D eigenvalue weighted by molar-refractivity contribution is -0.112. The molecule has 12 heteroatoms. The first kappa shape index (κ1) is 27.4. The quantitative estimate of drug-likeness (QED) is 0.274. The van der Waals surface area contributed by atoms with Crippen LogP contribution in [0.4, 0.5) is 20.3 Å². The number of pyridine rings is 1. The maximum atomic E-state index is 14.3. The summed E-state index contributed by atoms with van der Waals surface area (Å²) in [6, 6.07) is 8.29. The van der Waals surface area contributed by atoms with Crippen molar-refractivity contribution >= 4 is 71.0 Å². The summed E-state index contributed by atoms with van der Waals surface area (Å²) in [6.07, 6.45) is 4.26. The molecule has 1 saturated carbocycles. The summed E-state index contributed by atoms with van der Waals surface area (Å²) in [4.78, 5) is 31.0. The van der Waals surface area contributed by atoms with Crippen molar-refractivity contribution in [3.63, 3.8) is 0 Å². The average molecular weight is 660 g/mol. The van der Waals surface area contributed by atoms with Gasteiger partial charge in [-0.15, -0.1) is 0 Å². The minimum absolute atomic E-state index is 0.0358. The lowest BCUT2D eigenvalue weighted by Gasteiger charge is -2.24. The van der Waals surface area contributed by atoms with Crippen molar-refractivity contribution in [2.75, 3.05) is 8.43 Å². The topological polar surface area (TPSA) is 98.1 Å². The third-order valence-electron chi connectivity index (χ3n) is 6.01. The summed E-state index contributed by atoms with van der Waals surface area (Å²) in [7, 11) is 0. The molecule has 0 radical (unpaired) electrons. The number of benzene rings is 1. The van der Waals surface area contributed by atoms with Crippen LogP contribution in [0.1, 0.15) is 42.6 Å². The second kappa shape index (κ2) is 10.3. The normalized spacial score (nSPS) is 17.1. The Morgan fingerprint density at radius 3 is 2.54 bits per heavy atom. The molecular formula is C25H22Cl2F2IN5O2. The summed E-state index contributed by atoms with van der Waals surface area (Å²) < 4.78 is 29.8. The van der Waals surface area contributed by atoms with Gasteiger partial charge < -0.3 is 10.6 Å². The molecule has 1 aliphatic heterocycles. The molecule has 2 aromatic rings. The Hall–Kier alpha value is -2.62. The Morgan fingerprint density at radius 1 is 1.24 bits per heavy atom. The van der Waals surface area contributed by atoms with E-state index < -0.39 is 44.3 Å². The van der Waals surface area contributed by atoms with Crippen LogP contribution < -0.4 is 13.7 Å². The number of nitriles is 1. The van der Waals surface area contributed by atoms with Crippen molar-refractivity contribution in [3.05, 3.63) is 63.4 Å². The zero-order valence-corrected chi connectivity index (χ0v) is 23.7. The van der Waals surface area contributed by atoms with Gasteiger partial charge in [-0.3, -0.25) is 12.7 Å². The van der Waals surface area contributed by atoms with Crippen LogP contribution in [0, 0.1) is 24.2 Å². The van der Waals surface area contributed by atoms with Gasteiger partial charge in [0.2, 0.25) is 0 Å². The molecule has 1 fully saturated rings. The molecule has 2 N–H and O–H groups in total. The summed E-state index contributed by atoms with van der Waals surface area (Å²) in [5.74, 6) is -4.21. The number of allylic oxidation sites excluding steroid dienone is 1. The van der Waals surface area contributed by atoms with Crippen LogP contribution in [-0.2, 0) is 4.79 Å². The monoisotopic (exact) mass is 659 g/mol. The number of anilines is 2. The molecule has 2 aliphatic rings. The van der Waals surface area contributed by atoms with Crippen molar-refractivity contribution < 1.29 is 18.4 Å². The SMILES string of the molecule is Cc1cc(Cl)cc(C(=O)NC(C)(C#N)C2CC2)c1NC(=O)C1=CC(C(C)(F)F)=IN1c1ncccc1Cl. The zero-order valence-electron chi connectivity index (χ0n) is 20.0. The van der Waals surface area contributed by atoms with E-state index in [2.05, 4.69) is 21.7 Å². The molecule has 1 aromatic heterocycles. The molecule has 7 nitrogen and oxygen atoms in total. The first-order valence-electron chi connectivity index (χ1n) is 11.2. The van der Waals surface area contributed by atoms with Crippen molar-refractivity contribution in [2.45, 2.75) is 45.1 Å².